The number of fused-ring (bicyclic) bond motifs is 2. The number of hydrogen-bond donors (Lipinski definition) is 2. The van der Waals surface area contributed by atoms with Gasteiger partial charge in [0.1, 0.15) is 0 Å². The van der Waals surface area contributed by atoms with Crippen LogP contribution in [0.5, 0.6) is 0 Å². The number of aryl methyl sites for hydroxylation is 2. The third kappa shape index (κ3) is 4.60. The Morgan fingerprint density at radius 1 is 1.03 bits per heavy atom. The first-order chi connectivity index (χ1) is 16.6. The molecule has 1 aromatic rings. The van der Waals surface area contributed by atoms with Gasteiger partial charge in [0.2, 0.25) is 6.41 Å². The van der Waals surface area contributed by atoms with E-state index in [9.17, 15) is 18.0 Å². The zero-order valence-electron chi connectivity index (χ0n) is 20.7. The third-order valence-electron chi connectivity index (χ3n) is 8.63. The Morgan fingerprint density at radius 3 is 2.31 bits per heavy atom. The lowest BCUT2D eigenvalue weighted by atomic mass is 9.84. The molecule has 2 atom stereocenters. The molecule has 190 valence electrons. The van der Waals surface area contributed by atoms with E-state index in [1.165, 1.54) is 11.1 Å². The number of carbonyl (C=O) groups is 2. The molecule has 0 spiro atoms. The quantitative estimate of drug-likeness (QED) is 0.561. The summed E-state index contributed by atoms with van der Waals surface area (Å²) in [5.41, 5.74) is 5.06. The normalized spacial score (nSPS) is 28.1. The molecule has 0 saturated carbocycles. The van der Waals surface area contributed by atoms with E-state index >= 15 is 0 Å². The van der Waals surface area contributed by atoms with E-state index in [0.29, 0.717) is 6.54 Å². The van der Waals surface area contributed by atoms with Gasteiger partial charge < -0.3 is 10.2 Å². The summed E-state index contributed by atoms with van der Waals surface area (Å²) < 4.78 is 27.7. The van der Waals surface area contributed by atoms with Crippen molar-refractivity contribution in [1.82, 2.24) is 14.5 Å². The molecule has 2 aliphatic heterocycles. The lowest BCUT2D eigenvalue weighted by Crippen LogP contribution is -2.62. The Hall–Kier alpha value is -2.39. The standard InChI is InChI=1S/C26H36N4O4S/c1-25(11-14-29(25)17-26(2)10-5-13-30(26)18-31)12-15-35(33,34)28-24(32)27-23-21-8-3-6-19(21)16-20-7-4-9-22(20)23/h12,15-16,18H,3-11,13-14,17H2,1-2H3,(H2,27,28,32)/b15-12+/t25-,26-/m0/s1. The average molecular weight is 501 g/mol. The van der Waals surface area contributed by atoms with Gasteiger partial charge in [0.25, 0.3) is 10.0 Å². The Morgan fingerprint density at radius 2 is 1.71 bits per heavy atom. The minimum atomic E-state index is -3.96. The summed E-state index contributed by atoms with van der Waals surface area (Å²) in [6, 6.07) is 1.57. The van der Waals surface area contributed by atoms with Crippen LogP contribution in [0.4, 0.5) is 10.5 Å². The van der Waals surface area contributed by atoms with Gasteiger partial charge in [0.05, 0.1) is 5.54 Å². The number of hydrogen-bond acceptors (Lipinski definition) is 5. The maximum absolute atomic E-state index is 12.8. The Labute approximate surface area is 208 Å². The molecular weight excluding hydrogens is 464 g/mol. The number of anilines is 1. The maximum atomic E-state index is 12.8. The number of carbonyl (C=O) groups excluding carboxylic acids is 2. The van der Waals surface area contributed by atoms with Gasteiger partial charge in [-0.05, 0) is 93.9 Å². The maximum Gasteiger partial charge on any atom is 0.333 e. The minimum Gasteiger partial charge on any atom is -0.339 e. The molecule has 2 N–H and O–H groups in total. The van der Waals surface area contributed by atoms with Crippen LogP contribution in [0.25, 0.3) is 0 Å². The van der Waals surface area contributed by atoms with Gasteiger partial charge in [-0.3, -0.25) is 9.69 Å². The molecule has 5 rings (SSSR count). The van der Waals surface area contributed by atoms with Crippen LogP contribution in [0.1, 0.15) is 68.2 Å². The van der Waals surface area contributed by atoms with Crippen LogP contribution in [0.3, 0.4) is 0 Å². The predicted octanol–water partition coefficient (Wildman–Crippen LogP) is 3.10. The molecule has 2 fully saturated rings. The van der Waals surface area contributed by atoms with Crippen LogP contribution in [0.2, 0.25) is 0 Å². The molecule has 0 radical (unpaired) electrons. The molecule has 4 aliphatic rings. The van der Waals surface area contributed by atoms with E-state index in [1.807, 2.05) is 11.8 Å². The number of rotatable bonds is 7. The molecule has 8 nitrogen and oxygen atoms in total. The van der Waals surface area contributed by atoms with E-state index < -0.39 is 21.6 Å². The van der Waals surface area contributed by atoms with E-state index in [1.54, 1.807) is 6.08 Å². The fraction of sp³-hybridized carbons (Fsp3) is 0.615. The van der Waals surface area contributed by atoms with Crippen molar-refractivity contribution in [2.24, 2.45) is 0 Å². The van der Waals surface area contributed by atoms with Crippen molar-refractivity contribution < 1.29 is 18.0 Å². The fourth-order valence-corrected chi connectivity index (χ4v) is 7.23. The van der Waals surface area contributed by atoms with Crippen LogP contribution in [0, 0.1) is 0 Å². The van der Waals surface area contributed by atoms with E-state index in [2.05, 4.69) is 27.9 Å². The summed E-state index contributed by atoms with van der Waals surface area (Å²) in [4.78, 5) is 28.3. The predicted molar refractivity (Wildman–Crippen MR) is 136 cm³/mol. The molecule has 0 aromatic heterocycles. The molecule has 9 heteroatoms. The molecule has 0 unspecified atom stereocenters. The van der Waals surface area contributed by atoms with Gasteiger partial charge in [-0.2, -0.15) is 0 Å². The van der Waals surface area contributed by atoms with Crippen molar-refractivity contribution in [1.29, 1.82) is 0 Å². The number of benzene rings is 1. The third-order valence-corrected chi connectivity index (χ3v) is 9.59. The van der Waals surface area contributed by atoms with Crippen molar-refractivity contribution in [3.8, 4) is 0 Å². The largest absolute Gasteiger partial charge is 0.339 e. The monoisotopic (exact) mass is 500 g/mol. The van der Waals surface area contributed by atoms with Gasteiger partial charge in [0.15, 0.2) is 0 Å². The zero-order valence-corrected chi connectivity index (χ0v) is 21.5. The summed E-state index contributed by atoms with van der Waals surface area (Å²) in [5, 5.41) is 4.00. The van der Waals surface area contributed by atoms with Crippen molar-refractivity contribution >= 4 is 28.2 Å². The highest BCUT2D eigenvalue weighted by atomic mass is 32.2. The van der Waals surface area contributed by atoms with Gasteiger partial charge in [-0.25, -0.2) is 17.9 Å². The molecule has 2 heterocycles. The summed E-state index contributed by atoms with van der Waals surface area (Å²) >= 11 is 0. The molecule has 35 heavy (non-hydrogen) atoms. The SMILES string of the molecule is C[C@@]1(CN2CC[C@@]2(C)/C=C/S(=O)(=O)NC(=O)Nc2c3c(cc4c2CCC4)CCC3)CCCN1C=O. The van der Waals surface area contributed by atoms with Gasteiger partial charge >= 0.3 is 6.03 Å². The molecule has 0 bridgehead atoms. The zero-order chi connectivity index (χ0) is 24.8. The second-order valence-corrected chi connectivity index (χ2v) is 12.6. The molecule has 1 aromatic carbocycles. The first-order valence-corrected chi connectivity index (χ1v) is 14.3. The number of nitrogens with one attached hydrogen (secondary N) is 2. The van der Waals surface area contributed by atoms with Crippen LogP contribution in [0.15, 0.2) is 17.6 Å². The molecule has 3 amide bonds. The van der Waals surface area contributed by atoms with Gasteiger partial charge in [0, 0.05) is 36.3 Å². The first kappa shape index (κ1) is 24.3. The first-order valence-electron chi connectivity index (χ1n) is 12.8. The molecule has 2 saturated heterocycles. The van der Waals surface area contributed by atoms with Crippen molar-refractivity contribution in [2.45, 2.75) is 82.7 Å². The number of sulfonamides is 1. The van der Waals surface area contributed by atoms with Crippen LogP contribution in [-0.2, 0) is 40.5 Å². The van der Waals surface area contributed by atoms with Crippen LogP contribution >= 0.6 is 0 Å². The second-order valence-electron chi connectivity index (χ2n) is 11.1. The Balaban J connectivity index is 1.25. The number of amides is 3. The molecular formula is C26H36N4O4S. The Bertz CT molecular complexity index is 1150. The van der Waals surface area contributed by atoms with Gasteiger partial charge in [-0.1, -0.05) is 12.1 Å². The lowest BCUT2D eigenvalue weighted by Gasteiger charge is -2.52. The minimum absolute atomic E-state index is 0.232. The van der Waals surface area contributed by atoms with Crippen molar-refractivity contribution in [3.05, 3.63) is 39.8 Å². The highest BCUT2D eigenvalue weighted by Gasteiger charge is 2.45. The smallest absolute Gasteiger partial charge is 0.333 e. The lowest BCUT2D eigenvalue weighted by molar-refractivity contribution is -0.123. The summed E-state index contributed by atoms with van der Waals surface area (Å²) in [6.07, 6.45) is 11.3. The van der Waals surface area contributed by atoms with Crippen molar-refractivity contribution in [3.63, 3.8) is 0 Å². The number of urea groups is 1. The van der Waals surface area contributed by atoms with Crippen LogP contribution < -0.4 is 10.0 Å². The van der Waals surface area contributed by atoms with E-state index in [-0.39, 0.29) is 5.54 Å². The topological polar surface area (TPSA) is 98.8 Å². The number of nitrogens with zero attached hydrogens (tertiary/aromatic N) is 2. The van der Waals surface area contributed by atoms with Gasteiger partial charge in [-0.15, -0.1) is 0 Å². The molecule has 2 aliphatic carbocycles. The average Bonchev–Trinajstić information content (AvgIpc) is 3.54. The Kier molecular flexibility index (Phi) is 6.20. The highest BCUT2D eigenvalue weighted by Crippen LogP contribution is 2.39. The van der Waals surface area contributed by atoms with Crippen LogP contribution in [-0.4, -0.2) is 61.4 Å². The highest BCUT2D eigenvalue weighted by molar-refractivity contribution is 7.92. The summed E-state index contributed by atoms with van der Waals surface area (Å²) in [6.45, 7) is 6.41. The fourth-order valence-electron chi connectivity index (χ4n) is 6.38. The van der Waals surface area contributed by atoms with E-state index in [0.717, 1.165) is 99.5 Å². The van der Waals surface area contributed by atoms with Crippen molar-refractivity contribution in [2.75, 3.05) is 25.0 Å². The second kappa shape index (κ2) is 8.92. The van der Waals surface area contributed by atoms with E-state index in [4.69, 9.17) is 0 Å². The summed E-state index contributed by atoms with van der Waals surface area (Å²) in [7, 11) is -3.96. The number of likely N-dealkylation sites (tertiary alicyclic amines) is 2. The summed E-state index contributed by atoms with van der Waals surface area (Å²) in [5.74, 6) is 0.